The third kappa shape index (κ3) is 3.74. The standard InChI is InChI=1S/C23H28N4O5/c28-18-5-4-17(20(29)26-18)27-21(30)16-3-1-2-14(19(16)22(27)31)13-25-15-6-11-32-23(12-15)7-9-24-10-8-23/h1-3,15,17,24-25H,4-13H2,(H,26,28,29). The molecule has 32 heavy (non-hydrogen) atoms. The summed E-state index contributed by atoms with van der Waals surface area (Å²) in [5.74, 6) is -1.90. The lowest BCUT2D eigenvalue weighted by Crippen LogP contribution is -2.54. The van der Waals surface area contributed by atoms with Crippen LogP contribution in [0.1, 0.15) is 64.8 Å². The van der Waals surface area contributed by atoms with Crippen molar-refractivity contribution in [2.75, 3.05) is 19.7 Å². The Bertz CT molecular complexity index is 966. The molecule has 9 nitrogen and oxygen atoms in total. The Morgan fingerprint density at radius 1 is 1.09 bits per heavy atom. The zero-order chi connectivity index (χ0) is 22.3. The van der Waals surface area contributed by atoms with Gasteiger partial charge in [0.15, 0.2) is 0 Å². The van der Waals surface area contributed by atoms with Crippen molar-refractivity contribution in [1.82, 2.24) is 20.9 Å². The molecule has 1 spiro atoms. The predicted molar refractivity (Wildman–Crippen MR) is 114 cm³/mol. The molecule has 3 saturated heterocycles. The summed E-state index contributed by atoms with van der Waals surface area (Å²) in [5, 5.41) is 9.19. The molecule has 9 heteroatoms. The highest BCUT2D eigenvalue weighted by molar-refractivity contribution is 6.24. The highest BCUT2D eigenvalue weighted by Crippen LogP contribution is 2.34. The molecule has 5 rings (SSSR count). The zero-order valence-electron chi connectivity index (χ0n) is 17.9. The molecule has 4 aliphatic heterocycles. The first-order chi connectivity index (χ1) is 15.5. The first kappa shape index (κ1) is 21.2. The fraction of sp³-hybridized carbons (Fsp3) is 0.565. The van der Waals surface area contributed by atoms with E-state index in [9.17, 15) is 19.2 Å². The fourth-order valence-electron chi connectivity index (χ4n) is 5.42. The molecule has 0 aliphatic carbocycles. The summed E-state index contributed by atoms with van der Waals surface area (Å²) in [6.45, 7) is 3.10. The Morgan fingerprint density at radius 3 is 2.69 bits per heavy atom. The number of amides is 4. The number of imide groups is 2. The van der Waals surface area contributed by atoms with Crippen molar-refractivity contribution in [1.29, 1.82) is 0 Å². The highest BCUT2D eigenvalue weighted by atomic mass is 16.5. The monoisotopic (exact) mass is 440 g/mol. The molecule has 0 bridgehead atoms. The second kappa shape index (κ2) is 8.38. The SMILES string of the molecule is O=C1CCC(N2C(=O)c3cccc(CNC4CCOC5(CCNCC5)C4)c3C2=O)C(=O)N1. The number of carbonyl (C=O) groups excluding carboxylic acids is 4. The molecule has 1 aromatic carbocycles. The van der Waals surface area contributed by atoms with E-state index in [1.807, 2.05) is 6.07 Å². The van der Waals surface area contributed by atoms with E-state index in [1.165, 1.54) is 0 Å². The minimum atomic E-state index is -0.948. The van der Waals surface area contributed by atoms with Crippen LogP contribution in [-0.4, -0.2) is 65.9 Å². The third-order valence-electron chi connectivity index (χ3n) is 7.14. The molecule has 0 aromatic heterocycles. The number of nitrogens with one attached hydrogen (secondary N) is 3. The molecule has 0 saturated carbocycles. The zero-order valence-corrected chi connectivity index (χ0v) is 17.9. The van der Waals surface area contributed by atoms with Crippen LogP contribution in [0.2, 0.25) is 0 Å². The van der Waals surface area contributed by atoms with Crippen molar-refractivity contribution in [3.63, 3.8) is 0 Å². The number of hydrogen-bond donors (Lipinski definition) is 3. The van der Waals surface area contributed by atoms with Crippen molar-refractivity contribution in [3.05, 3.63) is 34.9 Å². The molecule has 4 amide bonds. The third-order valence-corrected chi connectivity index (χ3v) is 7.14. The van der Waals surface area contributed by atoms with Crippen LogP contribution in [0.25, 0.3) is 0 Å². The number of nitrogens with zero attached hydrogens (tertiary/aromatic N) is 1. The van der Waals surface area contributed by atoms with Crippen LogP contribution in [0, 0.1) is 0 Å². The molecule has 3 N–H and O–H groups in total. The number of rotatable bonds is 4. The normalized spacial score (nSPS) is 27.6. The second-order valence-electron chi connectivity index (χ2n) is 9.14. The molecule has 2 atom stereocenters. The fourth-order valence-corrected chi connectivity index (χ4v) is 5.42. The van der Waals surface area contributed by atoms with Crippen molar-refractivity contribution in [2.45, 2.75) is 62.8 Å². The maximum Gasteiger partial charge on any atom is 0.262 e. The molecule has 4 aliphatic rings. The van der Waals surface area contributed by atoms with Crippen molar-refractivity contribution in [3.8, 4) is 0 Å². The number of ether oxygens (including phenoxy) is 1. The smallest absolute Gasteiger partial charge is 0.262 e. The Hall–Kier alpha value is -2.62. The van der Waals surface area contributed by atoms with E-state index < -0.39 is 23.8 Å². The van der Waals surface area contributed by atoms with E-state index in [4.69, 9.17) is 4.74 Å². The van der Waals surface area contributed by atoms with Gasteiger partial charge in [-0.2, -0.15) is 0 Å². The summed E-state index contributed by atoms with van der Waals surface area (Å²) >= 11 is 0. The van der Waals surface area contributed by atoms with Crippen molar-refractivity contribution in [2.24, 2.45) is 0 Å². The van der Waals surface area contributed by atoms with E-state index in [-0.39, 0.29) is 30.4 Å². The molecule has 2 unspecified atom stereocenters. The van der Waals surface area contributed by atoms with E-state index in [2.05, 4.69) is 16.0 Å². The number of benzene rings is 1. The lowest BCUT2D eigenvalue weighted by molar-refractivity contribution is -0.136. The Balaban J connectivity index is 1.31. The van der Waals surface area contributed by atoms with E-state index >= 15 is 0 Å². The summed E-state index contributed by atoms with van der Waals surface area (Å²) in [6, 6.07) is 4.58. The van der Waals surface area contributed by atoms with Gasteiger partial charge in [-0.3, -0.25) is 29.4 Å². The summed E-state index contributed by atoms with van der Waals surface area (Å²) in [6.07, 6.45) is 4.10. The Labute approximate surface area is 186 Å². The van der Waals surface area contributed by atoms with Crippen LogP contribution in [0.3, 0.4) is 0 Å². The Morgan fingerprint density at radius 2 is 1.91 bits per heavy atom. The lowest BCUT2D eigenvalue weighted by atomic mass is 9.83. The van der Waals surface area contributed by atoms with Crippen molar-refractivity contribution < 1.29 is 23.9 Å². The maximum atomic E-state index is 13.2. The minimum absolute atomic E-state index is 0.0752. The van der Waals surface area contributed by atoms with Gasteiger partial charge in [0.1, 0.15) is 6.04 Å². The van der Waals surface area contributed by atoms with Gasteiger partial charge in [-0.15, -0.1) is 0 Å². The summed E-state index contributed by atoms with van der Waals surface area (Å²) in [4.78, 5) is 51.0. The molecule has 170 valence electrons. The number of fused-ring (bicyclic) bond motifs is 1. The highest BCUT2D eigenvalue weighted by Gasteiger charge is 2.45. The van der Waals surface area contributed by atoms with Gasteiger partial charge in [0.05, 0.1) is 16.7 Å². The molecular formula is C23H28N4O5. The summed E-state index contributed by atoms with van der Waals surface area (Å²) < 4.78 is 6.15. The van der Waals surface area contributed by atoms with Gasteiger partial charge in [-0.1, -0.05) is 12.1 Å². The van der Waals surface area contributed by atoms with Gasteiger partial charge in [-0.25, -0.2) is 0 Å². The van der Waals surface area contributed by atoms with E-state index in [1.54, 1.807) is 12.1 Å². The van der Waals surface area contributed by atoms with Gasteiger partial charge < -0.3 is 15.4 Å². The van der Waals surface area contributed by atoms with E-state index in [0.29, 0.717) is 24.3 Å². The van der Waals surface area contributed by atoms with Gasteiger partial charge in [0.25, 0.3) is 11.8 Å². The van der Waals surface area contributed by atoms with E-state index in [0.717, 1.165) is 49.2 Å². The molecular weight excluding hydrogens is 412 g/mol. The quantitative estimate of drug-likeness (QED) is 0.583. The second-order valence-corrected chi connectivity index (χ2v) is 9.14. The molecule has 1 aromatic rings. The molecule has 4 heterocycles. The molecule has 3 fully saturated rings. The average Bonchev–Trinajstić information content (AvgIpc) is 3.04. The largest absolute Gasteiger partial charge is 0.375 e. The van der Waals surface area contributed by atoms with Crippen LogP contribution in [-0.2, 0) is 20.9 Å². The van der Waals surface area contributed by atoms with Crippen molar-refractivity contribution >= 4 is 23.6 Å². The Kier molecular flexibility index (Phi) is 5.56. The van der Waals surface area contributed by atoms with Gasteiger partial charge in [-0.05, 0) is 56.8 Å². The first-order valence-electron chi connectivity index (χ1n) is 11.4. The number of carbonyl (C=O) groups is 4. The predicted octanol–water partition coefficient (Wildman–Crippen LogP) is 0.479. The van der Waals surface area contributed by atoms with Gasteiger partial charge >= 0.3 is 0 Å². The number of hydrogen-bond acceptors (Lipinski definition) is 7. The maximum absolute atomic E-state index is 13.2. The average molecular weight is 441 g/mol. The molecule has 0 radical (unpaired) electrons. The van der Waals surface area contributed by atoms with Gasteiger partial charge in [0, 0.05) is 25.6 Å². The summed E-state index contributed by atoms with van der Waals surface area (Å²) in [7, 11) is 0. The summed E-state index contributed by atoms with van der Waals surface area (Å²) in [5.41, 5.74) is 1.36. The number of piperidine rings is 2. The first-order valence-corrected chi connectivity index (χ1v) is 11.4. The lowest BCUT2D eigenvalue weighted by Gasteiger charge is -2.44. The van der Waals surface area contributed by atoms with Crippen LogP contribution in [0.5, 0.6) is 0 Å². The minimum Gasteiger partial charge on any atom is -0.375 e. The van der Waals surface area contributed by atoms with Crippen LogP contribution < -0.4 is 16.0 Å². The van der Waals surface area contributed by atoms with Crippen LogP contribution >= 0.6 is 0 Å². The van der Waals surface area contributed by atoms with Gasteiger partial charge in [0.2, 0.25) is 11.8 Å². The van der Waals surface area contributed by atoms with Crippen LogP contribution in [0.4, 0.5) is 0 Å². The van der Waals surface area contributed by atoms with Crippen LogP contribution in [0.15, 0.2) is 18.2 Å². The topological polar surface area (TPSA) is 117 Å².